The minimum atomic E-state index is -0.955. The largest absolute Gasteiger partial charge is 0.391 e. The molecule has 0 atom stereocenters. The maximum Gasteiger partial charge on any atom is 0.218 e. The fraction of sp³-hybridized carbons (Fsp3) is 0.250. The second-order valence-electron chi connectivity index (χ2n) is 2.64. The van der Waals surface area contributed by atoms with Gasteiger partial charge in [-0.3, -0.25) is 0 Å². The Morgan fingerprint density at radius 2 is 1.75 bits per heavy atom. The second kappa shape index (κ2) is 2.57. The molecular weight excluding hydrogens is 172 g/mol. The van der Waals surface area contributed by atoms with E-state index in [1.165, 1.54) is 0 Å². The Kier molecular flexibility index (Phi) is 1.66. The molecule has 1 aliphatic heterocycles. The van der Waals surface area contributed by atoms with Crippen LogP contribution >= 0.6 is 12.6 Å². The van der Waals surface area contributed by atoms with Crippen molar-refractivity contribution < 1.29 is 5.11 Å². The third-order valence-corrected chi connectivity index (χ3v) is 2.03. The molecule has 0 saturated heterocycles. The molecular formula is C8H8N2OS. The average molecular weight is 180 g/mol. The van der Waals surface area contributed by atoms with Gasteiger partial charge < -0.3 is 5.11 Å². The lowest BCUT2D eigenvalue weighted by atomic mass is 10.3. The van der Waals surface area contributed by atoms with Crippen LogP contribution < -0.4 is 10.7 Å². The Morgan fingerprint density at radius 1 is 1.25 bits per heavy atom. The summed E-state index contributed by atoms with van der Waals surface area (Å²) < 4.78 is 0. The van der Waals surface area contributed by atoms with Crippen LogP contribution in [0.3, 0.4) is 0 Å². The average Bonchev–Trinajstić information content (AvgIpc) is 2.42. The Balaban J connectivity index is 2.68. The summed E-state index contributed by atoms with van der Waals surface area (Å²) >= 11 is 4.14. The fourth-order valence-electron chi connectivity index (χ4n) is 1.13. The van der Waals surface area contributed by atoms with Crippen molar-refractivity contribution in [2.75, 3.05) is 6.61 Å². The van der Waals surface area contributed by atoms with E-state index >= 15 is 0 Å². The third kappa shape index (κ3) is 1.13. The maximum absolute atomic E-state index is 8.93. The lowest BCUT2D eigenvalue weighted by Gasteiger charge is -2.10. The molecule has 0 saturated carbocycles. The van der Waals surface area contributed by atoms with E-state index in [-0.39, 0.29) is 6.61 Å². The molecule has 1 aromatic rings. The predicted molar refractivity (Wildman–Crippen MR) is 47.6 cm³/mol. The van der Waals surface area contributed by atoms with Crippen molar-refractivity contribution >= 4 is 12.6 Å². The van der Waals surface area contributed by atoms with E-state index in [1.807, 2.05) is 24.3 Å². The molecule has 0 bridgehead atoms. The van der Waals surface area contributed by atoms with E-state index in [4.69, 9.17) is 5.11 Å². The number of aliphatic hydroxyl groups excluding tert-OH is 1. The lowest BCUT2D eigenvalue weighted by molar-refractivity contribution is 0.256. The molecule has 4 heteroatoms. The first-order valence-corrected chi connectivity index (χ1v) is 4.06. The van der Waals surface area contributed by atoms with Crippen molar-refractivity contribution in [2.45, 2.75) is 4.99 Å². The summed E-state index contributed by atoms with van der Waals surface area (Å²) in [6.07, 6.45) is 0. The normalized spacial score (nSPS) is 17.8. The highest BCUT2D eigenvalue weighted by atomic mass is 32.1. The van der Waals surface area contributed by atoms with Crippen LogP contribution in [0.15, 0.2) is 34.3 Å². The Hall–Kier alpha value is -0.870. The van der Waals surface area contributed by atoms with Crippen molar-refractivity contribution in [3.8, 4) is 0 Å². The van der Waals surface area contributed by atoms with Gasteiger partial charge in [0, 0.05) is 0 Å². The van der Waals surface area contributed by atoms with Gasteiger partial charge in [-0.2, -0.15) is 0 Å². The number of hydrogen-bond donors (Lipinski definition) is 2. The molecule has 0 radical (unpaired) electrons. The number of rotatable bonds is 1. The molecule has 62 valence electrons. The maximum atomic E-state index is 8.93. The highest BCUT2D eigenvalue weighted by molar-refractivity contribution is 7.81. The molecule has 3 nitrogen and oxygen atoms in total. The molecule has 1 N–H and O–H groups in total. The summed E-state index contributed by atoms with van der Waals surface area (Å²) in [5.41, 5.74) is 0. The Labute approximate surface area is 74.9 Å². The fourth-order valence-corrected chi connectivity index (χ4v) is 1.35. The first-order chi connectivity index (χ1) is 5.73. The van der Waals surface area contributed by atoms with E-state index in [1.54, 1.807) is 0 Å². The van der Waals surface area contributed by atoms with Crippen molar-refractivity contribution in [1.82, 2.24) is 0 Å². The monoisotopic (exact) mass is 180 g/mol. The van der Waals surface area contributed by atoms with Gasteiger partial charge in [0.1, 0.15) is 0 Å². The lowest BCUT2D eigenvalue weighted by Crippen LogP contribution is -2.19. The third-order valence-electron chi connectivity index (χ3n) is 1.69. The van der Waals surface area contributed by atoms with Crippen LogP contribution in [0.2, 0.25) is 0 Å². The zero-order chi connectivity index (χ0) is 8.60. The first kappa shape index (κ1) is 7.76. The van der Waals surface area contributed by atoms with Gasteiger partial charge in [0.15, 0.2) is 0 Å². The number of thiol groups is 1. The molecule has 0 amide bonds. The van der Waals surface area contributed by atoms with Crippen molar-refractivity contribution in [2.24, 2.45) is 9.98 Å². The molecule has 0 spiro atoms. The zero-order valence-electron chi connectivity index (χ0n) is 6.31. The van der Waals surface area contributed by atoms with E-state index in [9.17, 15) is 0 Å². The Morgan fingerprint density at radius 3 is 2.17 bits per heavy atom. The smallest absolute Gasteiger partial charge is 0.218 e. The quantitative estimate of drug-likeness (QED) is 0.563. The molecule has 0 unspecified atom stereocenters. The summed E-state index contributed by atoms with van der Waals surface area (Å²) in [6.45, 7) is -0.176. The van der Waals surface area contributed by atoms with Gasteiger partial charge in [0.25, 0.3) is 0 Å². The summed E-state index contributed by atoms with van der Waals surface area (Å²) in [4.78, 5) is 7.34. The summed E-state index contributed by atoms with van der Waals surface area (Å²) in [7, 11) is 0. The van der Waals surface area contributed by atoms with Gasteiger partial charge in [0.05, 0.1) is 17.3 Å². The number of benzene rings is 1. The van der Waals surface area contributed by atoms with Gasteiger partial charge in [0.2, 0.25) is 4.99 Å². The van der Waals surface area contributed by atoms with Crippen LogP contribution in [0.25, 0.3) is 0 Å². The molecule has 0 fully saturated rings. The number of para-hydroxylation sites is 2. The van der Waals surface area contributed by atoms with Gasteiger partial charge in [-0.25, -0.2) is 9.98 Å². The molecule has 0 aromatic heterocycles. The van der Waals surface area contributed by atoms with Crippen molar-refractivity contribution in [3.05, 3.63) is 35.0 Å². The first-order valence-electron chi connectivity index (χ1n) is 3.62. The summed E-state index contributed by atoms with van der Waals surface area (Å²) in [6, 6.07) is 7.47. The number of aliphatic hydroxyl groups is 1. The number of nitrogens with zero attached hydrogens (tertiary/aromatic N) is 2. The summed E-state index contributed by atoms with van der Waals surface area (Å²) in [5, 5.41) is 10.5. The minimum Gasteiger partial charge on any atom is -0.391 e. The van der Waals surface area contributed by atoms with E-state index < -0.39 is 4.99 Å². The van der Waals surface area contributed by atoms with Crippen LogP contribution in [0.1, 0.15) is 0 Å². The molecule has 0 aliphatic carbocycles. The van der Waals surface area contributed by atoms with Crippen LogP contribution in [0.4, 0.5) is 0 Å². The topological polar surface area (TPSA) is 45.0 Å². The highest BCUT2D eigenvalue weighted by Gasteiger charge is 2.24. The molecule has 1 aromatic carbocycles. The van der Waals surface area contributed by atoms with Gasteiger partial charge >= 0.3 is 0 Å². The predicted octanol–water partition coefficient (Wildman–Crippen LogP) is -0.485. The highest BCUT2D eigenvalue weighted by Crippen LogP contribution is 2.16. The Bertz CT molecular complexity index is 380. The van der Waals surface area contributed by atoms with Crippen LogP contribution in [0, 0.1) is 0 Å². The molecule has 12 heavy (non-hydrogen) atoms. The van der Waals surface area contributed by atoms with E-state index in [0.29, 0.717) is 0 Å². The van der Waals surface area contributed by atoms with Crippen LogP contribution in [-0.2, 0) is 0 Å². The van der Waals surface area contributed by atoms with Gasteiger partial charge in [-0.05, 0) is 12.1 Å². The van der Waals surface area contributed by atoms with Crippen LogP contribution in [-0.4, -0.2) is 16.7 Å². The number of fused-ring (bicyclic) bond motifs is 1. The number of hydrogen-bond acceptors (Lipinski definition) is 4. The van der Waals surface area contributed by atoms with E-state index in [2.05, 4.69) is 22.6 Å². The standard InChI is InChI=1S/C8H8N2OS/c11-5-8(12)9-6-3-1-2-4-7(6)10-8/h1-4,11-12H,5H2. The van der Waals surface area contributed by atoms with Gasteiger partial charge in [-0.15, -0.1) is 12.6 Å². The minimum absolute atomic E-state index is 0.176. The van der Waals surface area contributed by atoms with Crippen molar-refractivity contribution in [3.63, 3.8) is 0 Å². The molecule has 2 rings (SSSR count). The van der Waals surface area contributed by atoms with Crippen molar-refractivity contribution in [1.29, 1.82) is 0 Å². The SMILES string of the molecule is OCC1(S)N=c2ccccc2=N1. The van der Waals surface area contributed by atoms with Crippen LogP contribution in [0.5, 0.6) is 0 Å². The molecule has 1 aliphatic rings. The zero-order valence-corrected chi connectivity index (χ0v) is 7.20. The summed E-state index contributed by atoms with van der Waals surface area (Å²) in [5.74, 6) is 0. The van der Waals surface area contributed by atoms with Gasteiger partial charge in [-0.1, -0.05) is 12.1 Å². The second-order valence-corrected chi connectivity index (χ2v) is 3.36. The van der Waals surface area contributed by atoms with E-state index in [0.717, 1.165) is 10.7 Å². The molecule has 1 heterocycles.